The third-order valence-electron chi connectivity index (χ3n) is 5.20. The fourth-order valence-electron chi connectivity index (χ4n) is 3.71. The van der Waals surface area contributed by atoms with Crippen molar-refractivity contribution < 1.29 is 23.4 Å². The van der Waals surface area contributed by atoms with Crippen molar-refractivity contribution in [3.05, 3.63) is 62.5 Å². The number of hydrogen-bond acceptors (Lipinski definition) is 7. The number of aromatic nitrogens is 3. The van der Waals surface area contributed by atoms with Gasteiger partial charge in [0.15, 0.2) is 16.5 Å². The van der Waals surface area contributed by atoms with Gasteiger partial charge >= 0.3 is 0 Å². The highest BCUT2D eigenvalue weighted by atomic mass is 32.1. The van der Waals surface area contributed by atoms with Gasteiger partial charge in [0, 0.05) is 18.7 Å². The maximum atomic E-state index is 13.9. The van der Waals surface area contributed by atoms with Crippen LogP contribution >= 0.6 is 11.3 Å². The number of carbonyl (C=O) groups excluding carboxylic acids is 1. The topological polar surface area (TPSA) is 106 Å². The Hall–Kier alpha value is -3.18. The smallest absolute Gasteiger partial charge is 0.272 e. The summed E-state index contributed by atoms with van der Waals surface area (Å²) < 4.78 is 34.0. The molecule has 4 heterocycles. The Morgan fingerprint density at radius 3 is 2.90 bits per heavy atom. The van der Waals surface area contributed by atoms with Crippen molar-refractivity contribution in [1.82, 2.24) is 20.1 Å². The molecule has 0 radical (unpaired) electrons. The molecular weight excluding hydrogens is 418 g/mol. The molecule has 1 unspecified atom stereocenters. The standard InChI is InChI=1S/C19H14F2N4O4S/c20-9-2-1-8(11(21)4-9)3-14-23-24-19(30-14)10-5-25-13-7-29-6-12(13)22-18(28)15(25)17(27)16(10)26/h1-2,4-5,12-13,27H,3,6-7H2,(H,22,28)/t12-,13?/m0/s1. The summed E-state index contributed by atoms with van der Waals surface area (Å²) in [6.45, 7) is 0.662. The number of nitrogens with zero attached hydrogens (tertiary/aromatic N) is 3. The largest absolute Gasteiger partial charge is 0.503 e. The minimum Gasteiger partial charge on any atom is -0.503 e. The van der Waals surface area contributed by atoms with Crippen LogP contribution < -0.4 is 10.7 Å². The van der Waals surface area contributed by atoms with E-state index in [1.165, 1.54) is 12.3 Å². The second-order valence-electron chi connectivity index (χ2n) is 7.07. The minimum absolute atomic E-state index is 0.0724. The summed E-state index contributed by atoms with van der Waals surface area (Å²) in [6, 6.07) is 2.75. The van der Waals surface area contributed by atoms with E-state index in [0.717, 1.165) is 23.5 Å². The van der Waals surface area contributed by atoms with Crippen LogP contribution in [0.25, 0.3) is 10.6 Å². The van der Waals surface area contributed by atoms with E-state index in [4.69, 9.17) is 4.74 Å². The monoisotopic (exact) mass is 432 g/mol. The highest BCUT2D eigenvalue weighted by Crippen LogP contribution is 2.32. The molecule has 2 N–H and O–H groups in total. The Kier molecular flexibility index (Phi) is 4.36. The number of aromatic hydroxyl groups is 1. The molecule has 11 heteroatoms. The van der Waals surface area contributed by atoms with Crippen LogP contribution in [0.15, 0.2) is 29.2 Å². The Balaban J connectivity index is 1.54. The molecule has 2 aliphatic rings. The van der Waals surface area contributed by atoms with Crippen molar-refractivity contribution >= 4 is 17.2 Å². The molecular formula is C19H14F2N4O4S. The van der Waals surface area contributed by atoms with Crippen LogP contribution in [0.5, 0.6) is 5.75 Å². The van der Waals surface area contributed by atoms with Crippen molar-refractivity contribution in [3.63, 3.8) is 0 Å². The molecule has 1 aromatic carbocycles. The molecule has 1 fully saturated rings. The van der Waals surface area contributed by atoms with Gasteiger partial charge in [0.1, 0.15) is 16.6 Å². The van der Waals surface area contributed by atoms with Crippen LogP contribution in [0.1, 0.15) is 27.1 Å². The summed E-state index contributed by atoms with van der Waals surface area (Å²) in [4.78, 5) is 25.0. The van der Waals surface area contributed by atoms with E-state index >= 15 is 0 Å². The number of ether oxygens (including phenoxy) is 1. The molecule has 0 spiro atoms. The maximum Gasteiger partial charge on any atom is 0.272 e. The van der Waals surface area contributed by atoms with E-state index in [9.17, 15) is 23.5 Å². The first-order valence-electron chi connectivity index (χ1n) is 9.05. The molecule has 3 aromatic rings. The summed E-state index contributed by atoms with van der Waals surface area (Å²) in [5.74, 6) is -2.59. The number of nitrogens with one attached hydrogen (secondary N) is 1. The summed E-state index contributed by atoms with van der Waals surface area (Å²) >= 11 is 1.05. The Labute approximate surface area is 171 Å². The molecule has 1 saturated heterocycles. The van der Waals surface area contributed by atoms with Crippen molar-refractivity contribution in [2.45, 2.75) is 18.5 Å². The van der Waals surface area contributed by atoms with Crippen molar-refractivity contribution in [2.75, 3.05) is 13.2 Å². The van der Waals surface area contributed by atoms with Gasteiger partial charge in [-0.2, -0.15) is 0 Å². The van der Waals surface area contributed by atoms with Gasteiger partial charge in [-0.15, -0.1) is 10.2 Å². The number of hydrogen-bond donors (Lipinski definition) is 2. The van der Waals surface area contributed by atoms with E-state index in [2.05, 4.69) is 15.5 Å². The normalized spacial score (nSPS) is 20.0. The van der Waals surface area contributed by atoms with E-state index in [1.807, 2.05) is 0 Å². The average Bonchev–Trinajstić information content (AvgIpc) is 3.36. The van der Waals surface area contributed by atoms with E-state index < -0.39 is 28.7 Å². The molecule has 1 amide bonds. The van der Waals surface area contributed by atoms with Crippen LogP contribution in [0.3, 0.4) is 0 Å². The SMILES string of the molecule is O=C1N[C@H]2COCC2n2cc(-c3nnc(Cc4ccc(F)cc4F)s3)c(=O)c(O)c21. The van der Waals surface area contributed by atoms with E-state index in [1.54, 1.807) is 4.57 Å². The lowest BCUT2D eigenvalue weighted by Gasteiger charge is -2.30. The van der Waals surface area contributed by atoms with Crippen molar-refractivity contribution in [3.8, 4) is 16.3 Å². The maximum absolute atomic E-state index is 13.9. The fourth-order valence-corrected chi connectivity index (χ4v) is 4.58. The van der Waals surface area contributed by atoms with Gasteiger partial charge in [-0.25, -0.2) is 8.78 Å². The van der Waals surface area contributed by atoms with E-state index in [0.29, 0.717) is 18.2 Å². The number of benzene rings is 1. The molecule has 0 saturated carbocycles. The quantitative estimate of drug-likeness (QED) is 0.652. The molecule has 2 aliphatic heterocycles. The van der Waals surface area contributed by atoms with Gasteiger partial charge < -0.3 is 19.7 Å². The number of rotatable bonds is 3. The summed E-state index contributed by atoms with van der Waals surface area (Å²) in [7, 11) is 0. The first-order valence-corrected chi connectivity index (χ1v) is 9.87. The van der Waals surface area contributed by atoms with Crippen LogP contribution in [0, 0.1) is 11.6 Å². The van der Waals surface area contributed by atoms with Crippen molar-refractivity contribution in [1.29, 1.82) is 0 Å². The average molecular weight is 432 g/mol. The lowest BCUT2D eigenvalue weighted by Crippen LogP contribution is -2.48. The van der Waals surface area contributed by atoms with Crippen LogP contribution in [0.2, 0.25) is 0 Å². The number of carbonyl (C=O) groups is 1. The highest BCUT2D eigenvalue weighted by Gasteiger charge is 2.39. The molecule has 8 nitrogen and oxygen atoms in total. The van der Waals surface area contributed by atoms with Gasteiger partial charge in [0.2, 0.25) is 5.43 Å². The van der Waals surface area contributed by atoms with E-state index in [-0.39, 0.29) is 40.3 Å². The third kappa shape index (κ3) is 2.97. The summed E-state index contributed by atoms with van der Waals surface area (Å²) in [5, 5.41) is 21.8. The van der Waals surface area contributed by atoms with Crippen LogP contribution in [-0.4, -0.2) is 45.0 Å². The highest BCUT2D eigenvalue weighted by molar-refractivity contribution is 7.14. The Morgan fingerprint density at radius 1 is 1.27 bits per heavy atom. The molecule has 2 atom stereocenters. The number of halogens is 2. The zero-order valence-electron chi connectivity index (χ0n) is 15.3. The minimum atomic E-state index is -0.746. The molecule has 5 rings (SSSR count). The van der Waals surface area contributed by atoms with Gasteiger partial charge in [-0.1, -0.05) is 17.4 Å². The predicted octanol–water partition coefficient (Wildman–Crippen LogP) is 1.62. The fraction of sp³-hybridized carbons (Fsp3) is 0.263. The number of amides is 1. The first kappa shape index (κ1) is 18.8. The number of pyridine rings is 1. The van der Waals surface area contributed by atoms with Crippen LogP contribution in [0.4, 0.5) is 8.78 Å². The molecule has 30 heavy (non-hydrogen) atoms. The second-order valence-corrected chi connectivity index (χ2v) is 8.14. The zero-order chi connectivity index (χ0) is 21.0. The molecule has 0 aliphatic carbocycles. The zero-order valence-corrected chi connectivity index (χ0v) is 16.1. The molecule has 2 aromatic heterocycles. The Bertz CT molecular complexity index is 1240. The van der Waals surface area contributed by atoms with Gasteiger partial charge in [-0.05, 0) is 11.6 Å². The van der Waals surface area contributed by atoms with Gasteiger partial charge in [0.25, 0.3) is 5.91 Å². The summed E-state index contributed by atoms with van der Waals surface area (Å²) in [6.07, 6.45) is 1.55. The second kappa shape index (κ2) is 6.96. The number of fused-ring (bicyclic) bond motifs is 3. The lowest BCUT2D eigenvalue weighted by molar-refractivity contribution is 0.0886. The predicted molar refractivity (Wildman–Crippen MR) is 102 cm³/mol. The molecule has 154 valence electrons. The van der Waals surface area contributed by atoms with Crippen molar-refractivity contribution in [2.24, 2.45) is 0 Å². The Morgan fingerprint density at radius 2 is 2.10 bits per heavy atom. The third-order valence-corrected chi connectivity index (χ3v) is 6.16. The lowest BCUT2D eigenvalue weighted by atomic mass is 10.0. The summed E-state index contributed by atoms with van der Waals surface area (Å²) in [5.41, 5.74) is -0.537. The van der Waals surface area contributed by atoms with Crippen LogP contribution in [-0.2, 0) is 11.2 Å². The van der Waals surface area contributed by atoms with Gasteiger partial charge in [-0.3, -0.25) is 9.59 Å². The molecule has 0 bridgehead atoms. The first-order chi connectivity index (χ1) is 14.4. The van der Waals surface area contributed by atoms with Gasteiger partial charge in [0.05, 0.1) is 30.9 Å².